The number of carbonyl (C=O) groups excluding carboxylic acids is 2. The fraction of sp³-hybridized carbons (Fsp3) is 0.421. The van der Waals surface area contributed by atoms with E-state index in [1.54, 1.807) is 17.0 Å². The van der Waals surface area contributed by atoms with E-state index in [9.17, 15) is 14.0 Å². The number of thiazole rings is 1. The summed E-state index contributed by atoms with van der Waals surface area (Å²) in [6.45, 7) is 4.32. The fourth-order valence-corrected chi connectivity index (χ4v) is 4.18. The van der Waals surface area contributed by atoms with Gasteiger partial charge in [0.15, 0.2) is 5.13 Å². The average Bonchev–Trinajstić information content (AvgIpc) is 3.02. The van der Waals surface area contributed by atoms with Gasteiger partial charge in [-0.05, 0) is 31.4 Å². The lowest BCUT2D eigenvalue weighted by molar-refractivity contribution is 0.185. The van der Waals surface area contributed by atoms with Crippen molar-refractivity contribution in [1.29, 1.82) is 0 Å². The molecule has 0 aliphatic carbocycles. The maximum Gasteiger partial charge on any atom is 0.321 e. The van der Waals surface area contributed by atoms with Gasteiger partial charge in [0.25, 0.3) is 0 Å². The van der Waals surface area contributed by atoms with Crippen LogP contribution in [0.4, 0.5) is 19.1 Å². The first-order valence-electron chi connectivity index (χ1n) is 9.41. The largest absolute Gasteiger partial charge is 0.338 e. The van der Waals surface area contributed by atoms with Crippen LogP contribution < -0.4 is 16.0 Å². The van der Waals surface area contributed by atoms with Gasteiger partial charge in [0.2, 0.25) is 0 Å². The molecular weight excluding hydrogens is 417 g/mol. The number of aryl methyl sites for hydroxylation is 1. The van der Waals surface area contributed by atoms with E-state index >= 15 is 0 Å². The second-order valence-corrected chi connectivity index (χ2v) is 8.22. The number of hydrogen-bond acceptors (Lipinski definition) is 4. The summed E-state index contributed by atoms with van der Waals surface area (Å²) in [4.78, 5) is 30.7. The fourth-order valence-electron chi connectivity index (χ4n) is 3.01. The van der Waals surface area contributed by atoms with E-state index in [0.717, 1.165) is 30.1 Å². The molecule has 1 saturated heterocycles. The van der Waals surface area contributed by atoms with Crippen LogP contribution in [0.15, 0.2) is 18.2 Å². The van der Waals surface area contributed by atoms with Gasteiger partial charge in [-0.25, -0.2) is 19.0 Å². The highest BCUT2D eigenvalue weighted by molar-refractivity contribution is 7.15. The first-order valence-corrected chi connectivity index (χ1v) is 10.6. The lowest BCUT2D eigenvalue weighted by Crippen LogP contribution is -2.47. The molecule has 10 heteroatoms. The van der Waals surface area contributed by atoms with Crippen LogP contribution in [0.5, 0.6) is 0 Å². The van der Waals surface area contributed by atoms with Gasteiger partial charge >= 0.3 is 12.1 Å². The Bertz CT molecular complexity index is 891. The summed E-state index contributed by atoms with van der Waals surface area (Å²) < 4.78 is 14.1. The molecule has 0 radical (unpaired) electrons. The van der Waals surface area contributed by atoms with E-state index in [-0.39, 0.29) is 17.1 Å². The number of benzene rings is 1. The molecule has 0 bridgehead atoms. The number of anilines is 1. The molecule has 3 N–H and O–H groups in total. The number of nitrogens with zero attached hydrogens (tertiary/aromatic N) is 2. The molecule has 1 aromatic carbocycles. The Labute approximate surface area is 177 Å². The number of urea groups is 2. The summed E-state index contributed by atoms with van der Waals surface area (Å²) in [5.41, 5.74) is 1.22. The van der Waals surface area contributed by atoms with E-state index in [4.69, 9.17) is 11.6 Å². The zero-order valence-electron chi connectivity index (χ0n) is 16.1. The predicted octanol–water partition coefficient (Wildman–Crippen LogP) is 3.76. The summed E-state index contributed by atoms with van der Waals surface area (Å²) in [6.07, 6.45) is 1.96. The van der Waals surface area contributed by atoms with Gasteiger partial charge < -0.3 is 15.5 Å². The van der Waals surface area contributed by atoms with Crippen molar-refractivity contribution in [2.75, 3.05) is 31.5 Å². The van der Waals surface area contributed by atoms with Crippen molar-refractivity contribution in [1.82, 2.24) is 20.5 Å². The Morgan fingerprint density at radius 1 is 1.45 bits per heavy atom. The normalized spacial score (nSPS) is 13.9. The molecule has 1 aliphatic heterocycles. The third-order valence-electron chi connectivity index (χ3n) is 4.55. The van der Waals surface area contributed by atoms with Crippen LogP contribution in [0, 0.1) is 12.7 Å². The number of amides is 4. The van der Waals surface area contributed by atoms with Gasteiger partial charge in [0, 0.05) is 37.5 Å². The highest BCUT2D eigenvalue weighted by Gasteiger charge is 2.17. The van der Waals surface area contributed by atoms with Gasteiger partial charge in [-0.15, -0.1) is 11.3 Å². The van der Waals surface area contributed by atoms with Crippen molar-refractivity contribution in [2.24, 2.45) is 0 Å². The molecule has 29 heavy (non-hydrogen) atoms. The van der Waals surface area contributed by atoms with Crippen LogP contribution in [0.25, 0.3) is 0 Å². The minimum atomic E-state index is -0.434. The van der Waals surface area contributed by atoms with Crippen molar-refractivity contribution in [2.45, 2.75) is 26.2 Å². The van der Waals surface area contributed by atoms with Gasteiger partial charge in [0.05, 0.1) is 10.7 Å². The first kappa shape index (κ1) is 21.3. The van der Waals surface area contributed by atoms with Crippen molar-refractivity contribution >= 4 is 40.1 Å². The van der Waals surface area contributed by atoms with Crippen molar-refractivity contribution in [3.8, 4) is 0 Å². The summed E-state index contributed by atoms with van der Waals surface area (Å²) >= 11 is 7.14. The summed E-state index contributed by atoms with van der Waals surface area (Å²) in [5.74, 6) is -0.434. The van der Waals surface area contributed by atoms with Crippen LogP contribution in [0.2, 0.25) is 5.02 Å². The standard InChI is InChI=1S/C19H23ClFN5O2S/c1-12-15(11-13-5-2-6-14(20)16(13)21)29-18(24-12)25-17(27)22-7-3-9-26-10-4-8-23-19(26)28/h2,5-6H,3-4,7-11H2,1H3,(H,23,28)(H2,22,24,25,27). The summed E-state index contributed by atoms with van der Waals surface area (Å²) in [6, 6.07) is 4.49. The molecule has 7 nitrogen and oxygen atoms in total. The SMILES string of the molecule is Cc1nc(NC(=O)NCCCN2CCCNC2=O)sc1Cc1cccc(Cl)c1F. The topological polar surface area (TPSA) is 86.4 Å². The van der Waals surface area contributed by atoms with E-state index in [2.05, 4.69) is 20.9 Å². The zero-order chi connectivity index (χ0) is 20.8. The third-order valence-corrected chi connectivity index (χ3v) is 5.92. The third kappa shape index (κ3) is 5.80. The van der Waals surface area contributed by atoms with Crippen LogP contribution >= 0.6 is 22.9 Å². The Kier molecular flexibility index (Phi) is 7.27. The average molecular weight is 440 g/mol. The molecule has 0 unspecified atom stereocenters. The molecule has 0 atom stereocenters. The van der Waals surface area contributed by atoms with Crippen LogP contribution in [0.3, 0.4) is 0 Å². The lowest BCUT2D eigenvalue weighted by Gasteiger charge is -2.27. The molecule has 4 amide bonds. The smallest absolute Gasteiger partial charge is 0.321 e. The van der Waals surface area contributed by atoms with E-state index < -0.39 is 5.82 Å². The zero-order valence-corrected chi connectivity index (χ0v) is 17.6. The highest BCUT2D eigenvalue weighted by Crippen LogP contribution is 2.27. The number of rotatable bonds is 7. The van der Waals surface area contributed by atoms with Gasteiger partial charge in [-0.3, -0.25) is 5.32 Å². The van der Waals surface area contributed by atoms with E-state index in [0.29, 0.717) is 36.6 Å². The van der Waals surface area contributed by atoms with Gasteiger partial charge in [0.1, 0.15) is 5.82 Å². The second kappa shape index (κ2) is 9.89. The molecule has 2 aromatic rings. The van der Waals surface area contributed by atoms with Crippen LogP contribution in [-0.2, 0) is 6.42 Å². The molecule has 3 rings (SSSR count). The van der Waals surface area contributed by atoms with Gasteiger partial charge in [-0.1, -0.05) is 23.7 Å². The monoisotopic (exact) mass is 439 g/mol. The van der Waals surface area contributed by atoms with E-state index in [1.807, 2.05) is 6.92 Å². The maximum absolute atomic E-state index is 14.1. The highest BCUT2D eigenvalue weighted by atomic mass is 35.5. The Hall–Kier alpha value is -2.39. The number of aromatic nitrogens is 1. The minimum Gasteiger partial charge on any atom is -0.338 e. The van der Waals surface area contributed by atoms with Crippen molar-refractivity contribution in [3.63, 3.8) is 0 Å². The number of hydrogen-bond donors (Lipinski definition) is 3. The van der Waals surface area contributed by atoms with E-state index in [1.165, 1.54) is 17.4 Å². The molecule has 0 saturated carbocycles. The minimum absolute atomic E-state index is 0.0531. The molecule has 1 aromatic heterocycles. The molecular formula is C19H23ClFN5O2S. The molecule has 1 aliphatic rings. The molecule has 0 spiro atoms. The number of halogens is 2. The Morgan fingerprint density at radius 3 is 3.07 bits per heavy atom. The quantitative estimate of drug-likeness (QED) is 0.574. The summed E-state index contributed by atoms with van der Waals surface area (Å²) in [5, 5.41) is 8.80. The first-order chi connectivity index (χ1) is 13.9. The Morgan fingerprint density at radius 2 is 2.28 bits per heavy atom. The number of carbonyl (C=O) groups is 2. The maximum atomic E-state index is 14.1. The predicted molar refractivity (Wildman–Crippen MR) is 112 cm³/mol. The Balaban J connectivity index is 1.46. The van der Waals surface area contributed by atoms with Crippen LogP contribution in [0.1, 0.15) is 29.0 Å². The molecule has 1 fully saturated rings. The van der Waals surface area contributed by atoms with Crippen LogP contribution in [-0.4, -0.2) is 48.1 Å². The second-order valence-electron chi connectivity index (χ2n) is 6.72. The summed E-state index contributed by atoms with van der Waals surface area (Å²) in [7, 11) is 0. The van der Waals surface area contributed by atoms with Gasteiger partial charge in [-0.2, -0.15) is 0 Å². The molecule has 2 heterocycles. The lowest BCUT2D eigenvalue weighted by atomic mass is 10.1. The molecule has 156 valence electrons. The van der Waals surface area contributed by atoms with Crippen molar-refractivity contribution in [3.05, 3.63) is 45.2 Å². The van der Waals surface area contributed by atoms with Crippen molar-refractivity contribution < 1.29 is 14.0 Å². The number of nitrogens with one attached hydrogen (secondary N) is 3.